The molecule has 0 aromatic heterocycles. The molecular formula is C14H30O7. The Balaban J connectivity index is 3.09. The van der Waals surface area contributed by atoms with Gasteiger partial charge in [-0.2, -0.15) is 0 Å². The van der Waals surface area contributed by atoms with Gasteiger partial charge in [-0.05, 0) is 12.8 Å². The molecule has 2 N–H and O–H groups in total. The molecule has 0 bridgehead atoms. The van der Waals surface area contributed by atoms with E-state index in [0.29, 0.717) is 26.4 Å². The van der Waals surface area contributed by atoms with Gasteiger partial charge in [0.15, 0.2) is 0 Å². The van der Waals surface area contributed by atoms with Crippen LogP contribution in [0, 0.1) is 0 Å². The van der Waals surface area contributed by atoms with E-state index in [-0.39, 0.29) is 26.4 Å². The van der Waals surface area contributed by atoms with Crippen molar-refractivity contribution in [1.82, 2.24) is 0 Å². The van der Waals surface area contributed by atoms with Crippen LogP contribution in [0.1, 0.15) is 12.8 Å². The van der Waals surface area contributed by atoms with Crippen LogP contribution < -0.4 is 0 Å². The highest BCUT2D eigenvalue weighted by Crippen LogP contribution is 1.93. The Morgan fingerprint density at radius 3 is 1.38 bits per heavy atom. The van der Waals surface area contributed by atoms with Crippen molar-refractivity contribution >= 4 is 0 Å². The summed E-state index contributed by atoms with van der Waals surface area (Å²) >= 11 is 0. The van der Waals surface area contributed by atoms with E-state index in [9.17, 15) is 10.2 Å². The normalized spacial score (nSPS) is 14.3. The zero-order valence-corrected chi connectivity index (χ0v) is 13.2. The van der Waals surface area contributed by atoms with Gasteiger partial charge in [0.05, 0.1) is 26.4 Å². The molecule has 0 heterocycles. The van der Waals surface area contributed by atoms with Gasteiger partial charge in [-0.25, -0.2) is 0 Å². The maximum absolute atomic E-state index is 9.32. The fourth-order valence-corrected chi connectivity index (χ4v) is 1.55. The third-order valence-electron chi connectivity index (χ3n) is 2.49. The van der Waals surface area contributed by atoms with E-state index in [1.54, 1.807) is 14.2 Å². The van der Waals surface area contributed by atoms with Crippen molar-refractivity contribution in [3.8, 4) is 0 Å². The Kier molecular flexibility index (Phi) is 15.9. The molecule has 0 rings (SSSR count). The fourth-order valence-electron chi connectivity index (χ4n) is 1.55. The monoisotopic (exact) mass is 310 g/mol. The van der Waals surface area contributed by atoms with Crippen molar-refractivity contribution in [2.75, 3.05) is 67.1 Å². The molecular weight excluding hydrogens is 280 g/mol. The van der Waals surface area contributed by atoms with Crippen LogP contribution in [-0.2, 0) is 23.7 Å². The second kappa shape index (κ2) is 16.1. The molecule has 0 radical (unpaired) electrons. The number of rotatable bonds is 16. The minimum atomic E-state index is -0.568. The third kappa shape index (κ3) is 15.9. The van der Waals surface area contributed by atoms with Gasteiger partial charge >= 0.3 is 0 Å². The van der Waals surface area contributed by atoms with Crippen molar-refractivity contribution in [1.29, 1.82) is 0 Å². The molecule has 0 saturated carbocycles. The average Bonchev–Trinajstić information content (AvgIpc) is 2.45. The highest BCUT2D eigenvalue weighted by atomic mass is 16.5. The summed E-state index contributed by atoms with van der Waals surface area (Å²) in [5.74, 6) is 0. The highest BCUT2D eigenvalue weighted by molar-refractivity contribution is 4.51. The molecule has 2 unspecified atom stereocenters. The first kappa shape index (κ1) is 20.7. The van der Waals surface area contributed by atoms with Crippen molar-refractivity contribution in [3.05, 3.63) is 0 Å². The fraction of sp³-hybridized carbons (Fsp3) is 1.00. The van der Waals surface area contributed by atoms with E-state index in [2.05, 4.69) is 0 Å². The molecule has 0 aliphatic heterocycles. The lowest BCUT2D eigenvalue weighted by molar-refractivity contribution is -0.0166. The Bertz CT molecular complexity index is 184. The molecule has 7 nitrogen and oxygen atoms in total. The smallest absolute Gasteiger partial charge is 0.101 e. The average molecular weight is 310 g/mol. The van der Waals surface area contributed by atoms with Gasteiger partial charge in [0.25, 0.3) is 0 Å². The Morgan fingerprint density at radius 2 is 1.00 bits per heavy atom. The molecule has 0 aromatic rings. The van der Waals surface area contributed by atoms with Crippen LogP contribution in [0.5, 0.6) is 0 Å². The second-order valence-corrected chi connectivity index (χ2v) is 4.69. The van der Waals surface area contributed by atoms with E-state index < -0.39 is 12.2 Å². The minimum absolute atomic E-state index is 0.283. The molecule has 128 valence electrons. The summed E-state index contributed by atoms with van der Waals surface area (Å²) in [7, 11) is 3.08. The topological polar surface area (TPSA) is 86.6 Å². The van der Waals surface area contributed by atoms with Gasteiger partial charge in [-0.15, -0.1) is 0 Å². The predicted molar refractivity (Wildman–Crippen MR) is 77.5 cm³/mol. The van der Waals surface area contributed by atoms with Crippen LogP contribution in [0.25, 0.3) is 0 Å². The van der Waals surface area contributed by atoms with Crippen molar-refractivity contribution < 1.29 is 33.9 Å². The molecule has 0 aromatic carbocycles. The third-order valence-corrected chi connectivity index (χ3v) is 2.49. The number of hydrogen-bond acceptors (Lipinski definition) is 7. The SMILES string of the molecule is COCC(O)COCCCOCCCOCC(O)COC. The lowest BCUT2D eigenvalue weighted by Gasteiger charge is -2.11. The number of hydrogen-bond donors (Lipinski definition) is 2. The number of aliphatic hydroxyl groups excluding tert-OH is 2. The molecule has 7 heteroatoms. The first-order valence-corrected chi connectivity index (χ1v) is 7.28. The van der Waals surface area contributed by atoms with Gasteiger partial charge in [0, 0.05) is 40.6 Å². The molecule has 0 saturated heterocycles. The van der Waals surface area contributed by atoms with E-state index in [4.69, 9.17) is 23.7 Å². The zero-order chi connectivity index (χ0) is 15.8. The van der Waals surface area contributed by atoms with E-state index in [1.165, 1.54) is 0 Å². The lowest BCUT2D eigenvalue weighted by atomic mass is 10.4. The molecule has 0 amide bonds. The molecule has 0 aliphatic rings. The van der Waals surface area contributed by atoms with Crippen LogP contribution in [0.4, 0.5) is 0 Å². The van der Waals surface area contributed by atoms with Crippen LogP contribution in [-0.4, -0.2) is 89.5 Å². The minimum Gasteiger partial charge on any atom is -0.388 e. The quantitative estimate of drug-likeness (QED) is 0.383. The maximum atomic E-state index is 9.32. The van der Waals surface area contributed by atoms with Gasteiger partial charge < -0.3 is 33.9 Å². The van der Waals surface area contributed by atoms with E-state index in [0.717, 1.165) is 12.8 Å². The van der Waals surface area contributed by atoms with Gasteiger partial charge in [-0.1, -0.05) is 0 Å². The van der Waals surface area contributed by atoms with Crippen LogP contribution >= 0.6 is 0 Å². The summed E-state index contributed by atoms with van der Waals surface area (Å²) in [5.41, 5.74) is 0. The first-order valence-electron chi connectivity index (χ1n) is 7.28. The molecule has 0 aliphatic carbocycles. The molecule has 0 fully saturated rings. The lowest BCUT2D eigenvalue weighted by Crippen LogP contribution is -2.21. The summed E-state index contributed by atoms with van der Waals surface area (Å²) in [5, 5.41) is 18.6. The van der Waals surface area contributed by atoms with E-state index >= 15 is 0 Å². The van der Waals surface area contributed by atoms with Crippen LogP contribution in [0.3, 0.4) is 0 Å². The summed E-state index contributed by atoms with van der Waals surface area (Å²) in [6.07, 6.45) is 0.434. The van der Waals surface area contributed by atoms with Crippen LogP contribution in [0.2, 0.25) is 0 Å². The van der Waals surface area contributed by atoms with Gasteiger partial charge in [0.1, 0.15) is 12.2 Å². The largest absolute Gasteiger partial charge is 0.388 e. The van der Waals surface area contributed by atoms with Crippen molar-refractivity contribution in [2.45, 2.75) is 25.0 Å². The van der Waals surface area contributed by atoms with Crippen molar-refractivity contribution in [3.63, 3.8) is 0 Å². The molecule has 21 heavy (non-hydrogen) atoms. The van der Waals surface area contributed by atoms with Gasteiger partial charge in [0.2, 0.25) is 0 Å². The summed E-state index contributed by atoms with van der Waals surface area (Å²) in [6, 6.07) is 0. The Labute approximate surface area is 127 Å². The first-order chi connectivity index (χ1) is 10.2. The molecule has 0 spiro atoms. The number of methoxy groups -OCH3 is 2. The summed E-state index contributed by atoms with van der Waals surface area (Å²) in [6.45, 7) is 3.49. The highest BCUT2D eigenvalue weighted by Gasteiger charge is 2.03. The standard InChI is InChI=1S/C14H30O7/c1-17-9-13(15)11-20-7-3-5-19-6-4-8-21-12-14(16)10-18-2/h13-16H,3-12H2,1-2H3. The number of aliphatic hydroxyl groups is 2. The van der Waals surface area contributed by atoms with E-state index in [1.807, 2.05) is 0 Å². The Hall–Kier alpha value is -0.280. The Morgan fingerprint density at radius 1 is 0.619 bits per heavy atom. The number of ether oxygens (including phenoxy) is 5. The predicted octanol–water partition coefficient (Wildman–Crippen LogP) is -0.169. The molecule has 2 atom stereocenters. The summed E-state index contributed by atoms with van der Waals surface area (Å²) < 4.78 is 25.5. The zero-order valence-electron chi connectivity index (χ0n) is 13.2. The van der Waals surface area contributed by atoms with Gasteiger partial charge in [-0.3, -0.25) is 0 Å². The maximum Gasteiger partial charge on any atom is 0.101 e. The van der Waals surface area contributed by atoms with Crippen molar-refractivity contribution in [2.24, 2.45) is 0 Å². The summed E-state index contributed by atoms with van der Waals surface area (Å²) in [4.78, 5) is 0. The second-order valence-electron chi connectivity index (χ2n) is 4.69. The van der Waals surface area contributed by atoms with Crippen LogP contribution in [0.15, 0.2) is 0 Å².